The smallest absolute Gasteiger partial charge is 0.160 e. The van der Waals surface area contributed by atoms with Crippen LogP contribution in [0.1, 0.15) is 43.2 Å². The van der Waals surface area contributed by atoms with E-state index in [0.29, 0.717) is 24.9 Å². The van der Waals surface area contributed by atoms with Gasteiger partial charge in [-0.1, -0.05) is 49.2 Å². The van der Waals surface area contributed by atoms with E-state index in [9.17, 15) is 0 Å². The van der Waals surface area contributed by atoms with Gasteiger partial charge in [0.2, 0.25) is 0 Å². The molecule has 2 aliphatic rings. The normalized spacial score (nSPS) is 23.2. The summed E-state index contributed by atoms with van der Waals surface area (Å²) in [6.07, 6.45) is 7.58. The van der Waals surface area contributed by atoms with Crippen LogP contribution in [-0.2, 0) is 22.5 Å². The lowest BCUT2D eigenvalue weighted by molar-refractivity contribution is -0.0352. The van der Waals surface area contributed by atoms with Crippen LogP contribution >= 0.6 is 12.4 Å². The molecule has 33 heavy (non-hydrogen) atoms. The summed E-state index contributed by atoms with van der Waals surface area (Å²) in [4.78, 5) is 2.62. The van der Waals surface area contributed by atoms with Crippen molar-refractivity contribution in [2.24, 2.45) is 0 Å². The summed E-state index contributed by atoms with van der Waals surface area (Å²) in [6, 6.07) is 17.1. The molecule has 0 spiro atoms. The first-order chi connectivity index (χ1) is 15.8. The Bertz CT molecular complexity index is 834. The molecule has 1 aliphatic carbocycles. The number of hydrogen-bond acceptors (Lipinski definition) is 5. The van der Waals surface area contributed by atoms with Gasteiger partial charge >= 0.3 is 0 Å². The summed E-state index contributed by atoms with van der Waals surface area (Å²) < 4.78 is 23.4. The molecule has 6 heteroatoms. The lowest BCUT2D eigenvalue weighted by Gasteiger charge is -2.37. The highest BCUT2D eigenvalue weighted by Gasteiger charge is 2.35. The second kappa shape index (κ2) is 13.2. The number of rotatable bonds is 10. The third kappa shape index (κ3) is 7.10. The molecule has 0 aromatic heterocycles. The molecule has 1 aliphatic heterocycles. The molecule has 1 saturated heterocycles. The second-order valence-corrected chi connectivity index (χ2v) is 8.90. The molecule has 0 N–H and O–H groups in total. The molecule has 0 amide bonds. The highest BCUT2D eigenvalue weighted by molar-refractivity contribution is 5.85. The molecule has 4 rings (SSSR count). The topological polar surface area (TPSA) is 40.2 Å². The first-order valence-corrected chi connectivity index (χ1v) is 12.0. The Kier molecular flexibility index (Phi) is 10.3. The highest BCUT2D eigenvalue weighted by Crippen LogP contribution is 2.30. The maximum atomic E-state index is 6.45. The van der Waals surface area contributed by atoms with E-state index >= 15 is 0 Å². The van der Waals surface area contributed by atoms with Crippen molar-refractivity contribution in [2.45, 2.75) is 63.4 Å². The molecule has 2 aromatic carbocycles. The maximum absolute atomic E-state index is 6.45. The molecule has 3 atom stereocenters. The molecule has 2 aromatic rings. The van der Waals surface area contributed by atoms with Gasteiger partial charge in [0, 0.05) is 19.1 Å². The number of hydrogen-bond donors (Lipinski definition) is 0. The maximum Gasteiger partial charge on any atom is 0.160 e. The van der Waals surface area contributed by atoms with Gasteiger partial charge in [0.15, 0.2) is 11.5 Å². The first kappa shape index (κ1) is 25.8. The molecule has 5 nitrogen and oxygen atoms in total. The average Bonchev–Trinajstić information content (AvgIpc) is 3.32. The number of methoxy groups -OCH3 is 2. The van der Waals surface area contributed by atoms with Crippen LogP contribution in [-0.4, -0.2) is 57.1 Å². The predicted octanol–water partition coefficient (Wildman–Crippen LogP) is 5.29. The minimum atomic E-state index is 0. The van der Waals surface area contributed by atoms with Crippen molar-refractivity contribution in [1.29, 1.82) is 0 Å². The van der Waals surface area contributed by atoms with E-state index in [1.54, 1.807) is 14.2 Å². The van der Waals surface area contributed by atoms with Crippen molar-refractivity contribution < 1.29 is 18.9 Å². The van der Waals surface area contributed by atoms with E-state index in [2.05, 4.69) is 47.4 Å². The number of nitrogens with zero attached hydrogens (tertiary/aromatic N) is 1. The standard InChI is InChI=1S/C27H37NO4.ClH/c1-29-26-13-12-21(18-27(26)30-2)15-17-31-25-11-7-6-10-24(25)28-16-14-23(19-28)32-20-22-8-4-3-5-9-22;/h3-5,8-9,12-13,18,23-25H,6-7,10-11,14-17,19-20H2,1-2H3;1H/t23-,24?,25+;/m1./s1. The Balaban J connectivity index is 0.00000306. The van der Waals surface area contributed by atoms with Crippen LogP contribution in [0, 0.1) is 0 Å². The zero-order chi connectivity index (χ0) is 22.2. The third-order valence-electron chi connectivity index (χ3n) is 6.81. The quantitative estimate of drug-likeness (QED) is 0.467. The van der Waals surface area contributed by atoms with Gasteiger partial charge < -0.3 is 18.9 Å². The highest BCUT2D eigenvalue weighted by atomic mass is 35.5. The van der Waals surface area contributed by atoms with Crippen LogP contribution < -0.4 is 9.47 Å². The number of benzene rings is 2. The van der Waals surface area contributed by atoms with E-state index in [4.69, 9.17) is 18.9 Å². The van der Waals surface area contributed by atoms with Crippen molar-refractivity contribution in [3.05, 3.63) is 59.7 Å². The average molecular weight is 476 g/mol. The van der Waals surface area contributed by atoms with E-state index in [0.717, 1.165) is 50.5 Å². The van der Waals surface area contributed by atoms with Crippen LogP contribution in [0.25, 0.3) is 0 Å². The van der Waals surface area contributed by atoms with Crippen molar-refractivity contribution in [3.63, 3.8) is 0 Å². The fraction of sp³-hybridized carbons (Fsp3) is 0.556. The fourth-order valence-electron chi connectivity index (χ4n) is 5.03. The fourth-order valence-corrected chi connectivity index (χ4v) is 5.03. The van der Waals surface area contributed by atoms with Gasteiger partial charge in [0.1, 0.15) is 0 Å². The largest absolute Gasteiger partial charge is 0.493 e. The summed E-state index contributed by atoms with van der Waals surface area (Å²) in [6.45, 7) is 3.57. The van der Waals surface area contributed by atoms with Gasteiger partial charge in [0.05, 0.1) is 39.6 Å². The Morgan fingerprint density at radius 2 is 1.64 bits per heavy atom. The van der Waals surface area contributed by atoms with Gasteiger partial charge in [-0.25, -0.2) is 0 Å². The van der Waals surface area contributed by atoms with Crippen LogP contribution in [0.15, 0.2) is 48.5 Å². The first-order valence-electron chi connectivity index (χ1n) is 12.0. The van der Waals surface area contributed by atoms with Crippen LogP contribution in [0.2, 0.25) is 0 Å². The summed E-state index contributed by atoms with van der Waals surface area (Å²) >= 11 is 0. The molecule has 2 fully saturated rings. The molecular weight excluding hydrogens is 438 g/mol. The number of ether oxygens (including phenoxy) is 4. The molecule has 1 heterocycles. The van der Waals surface area contributed by atoms with Crippen LogP contribution in [0.5, 0.6) is 11.5 Å². The minimum absolute atomic E-state index is 0. The summed E-state index contributed by atoms with van der Waals surface area (Å²) in [5.41, 5.74) is 2.46. The minimum Gasteiger partial charge on any atom is -0.493 e. The van der Waals surface area contributed by atoms with Gasteiger partial charge in [0.25, 0.3) is 0 Å². The number of halogens is 1. The summed E-state index contributed by atoms with van der Waals surface area (Å²) in [5.74, 6) is 1.54. The SMILES string of the molecule is COc1ccc(CCO[C@H]2CCCCC2N2CC[C@@H](OCc3ccccc3)C2)cc1OC.Cl. The van der Waals surface area contributed by atoms with E-state index in [1.165, 1.54) is 30.4 Å². The second-order valence-electron chi connectivity index (χ2n) is 8.90. The zero-order valence-electron chi connectivity index (χ0n) is 19.9. The van der Waals surface area contributed by atoms with E-state index in [-0.39, 0.29) is 12.4 Å². The molecular formula is C27H38ClNO4. The molecule has 0 bridgehead atoms. The molecule has 182 valence electrons. The van der Waals surface area contributed by atoms with Gasteiger partial charge in [-0.3, -0.25) is 4.90 Å². The van der Waals surface area contributed by atoms with E-state index < -0.39 is 0 Å². The van der Waals surface area contributed by atoms with Gasteiger partial charge in [-0.2, -0.15) is 0 Å². The van der Waals surface area contributed by atoms with Gasteiger partial charge in [-0.05, 0) is 48.9 Å². The monoisotopic (exact) mass is 475 g/mol. The zero-order valence-corrected chi connectivity index (χ0v) is 20.7. The van der Waals surface area contributed by atoms with E-state index in [1.807, 2.05) is 6.07 Å². The van der Waals surface area contributed by atoms with Crippen LogP contribution in [0.4, 0.5) is 0 Å². The third-order valence-corrected chi connectivity index (χ3v) is 6.81. The van der Waals surface area contributed by atoms with Crippen molar-refractivity contribution >= 4 is 12.4 Å². The lowest BCUT2D eigenvalue weighted by atomic mass is 9.91. The summed E-state index contributed by atoms with van der Waals surface area (Å²) in [5, 5.41) is 0. The lowest BCUT2D eigenvalue weighted by Crippen LogP contribution is -2.46. The Morgan fingerprint density at radius 1 is 0.848 bits per heavy atom. The summed E-state index contributed by atoms with van der Waals surface area (Å²) in [7, 11) is 3.34. The van der Waals surface area contributed by atoms with Crippen molar-refractivity contribution in [3.8, 4) is 11.5 Å². The Labute approximate surface area is 204 Å². The Hall–Kier alpha value is -1.79. The van der Waals surface area contributed by atoms with Gasteiger partial charge in [-0.15, -0.1) is 12.4 Å². The van der Waals surface area contributed by atoms with Crippen molar-refractivity contribution in [2.75, 3.05) is 33.9 Å². The van der Waals surface area contributed by atoms with Crippen LogP contribution in [0.3, 0.4) is 0 Å². The molecule has 1 unspecified atom stereocenters. The molecule has 1 saturated carbocycles. The van der Waals surface area contributed by atoms with Crippen molar-refractivity contribution in [1.82, 2.24) is 4.90 Å². The Morgan fingerprint density at radius 3 is 2.42 bits per heavy atom. The molecule has 0 radical (unpaired) electrons. The predicted molar refractivity (Wildman–Crippen MR) is 134 cm³/mol. The number of likely N-dealkylation sites (tertiary alicyclic amines) is 1.